The van der Waals surface area contributed by atoms with Crippen molar-refractivity contribution in [3.63, 3.8) is 0 Å². The van der Waals surface area contributed by atoms with Gasteiger partial charge in [0.25, 0.3) is 12.3 Å². The van der Waals surface area contributed by atoms with Gasteiger partial charge in [-0.2, -0.15) is 0 Å². The van der Waals surface area contributed by atoms with Gasteiger partial charge in [0.2, 0.25) is 12.6 Å². The normalized spacial score (nSPS) is 21.4. The van der Waals surface area contributed by atoms with E-state index in [-0.39, 0.29) is 42.4 Å². The average Bonchev–Trinajstić information content (AvgIpc) is 3.42. The lowest BCUT2D eigenvalue weighted by molar-refractivity contribution is -0.126. The van der Waals surface area contributed by atoms with E-state index in [9.17, 15) is 26.7 Å². The smallest absolute Gasteiger partial charge is 0.266 e. The van der Waals surface area contributed by atoms with Crippen molar-refractivity contribution >= 4 is 11.7 Å². The highest BCUT2D eigenvalue weighted by Gasteiger charge is 2.46. The van der Waals surface area contributed by atoms with Crippen LogP contribution in [-0.2, 0) is 19.0 Å². The lowest BCUT2D eigenvalue weighted by Gasteiger charge is -2.24. The second-order valence-corrected chi connectivity index (χ2v) is 8.51. The molecule has 4 rings (SSSR count). The maximum atomic E-state index is 15.5. The Balaban J connectivity index is 1.69. The van der Waals surface area contributed by atoms with Gasteiger partial charge in [0, 0.05) is 24.6 Å². The minimum absolute atomic E-state index is 0.0109. The van der Waals surface area contributed by atoms with Gasteiger partial charge in [-0.1, -0.05) is 18.2 Å². The molecule has 0 spiro atoms. The monoisotopic (exact) mass is 534 g/mol. The van der Waals surface area contributed by atoms with Crippen LogP contribution in [0.4, 0.5) is 32.2 Å². The number of methoxy groups -OCH3 is 1. The molecule has 202 valence electrons. The van der Waals surface area contributed by atoms with Crippen LogP contribution in [0.3, 0.4) is 0 Å². The Morgan fingerprint density at radius 2 is 1.78 bits per heavy atom. The largest absolute Gasteiger partial charge is 0.357 e. The molecule has 0 bridgehead atoms. The first-order chi connectivity index (χ1) is 17.6. The predicted octanol–water partition coefficient (Wildman–Crippen LogP) is 4.44. The number of benzene rings is 1. The maximum absolute atomic E-state index is 15.5. The second kappa shape index (κ2) is 11.2. The number of hydrogen-bond acceptors (Lipinski definition) is 7. The molecule has 8 nitrogen and oxygen atoms in total. The molecule has 1 amide bonds. The van der Waals surface area contributed by atoms with E-state index in [0.29, 0.717) is 0 Å². The fraction of sp³-hybridized carbons (Fsp3) is 0.522. The van der Waals surface area contributed by atoms with Gasteiger partial charge in [0.1, 0.15) is 17.5 Å². The number of aromatic nitrogens is 2. The summed E-state index contributed by atoms with van der Waals surface area (Å²) in [5.74, 6) is -3.62. The van der Waals surface area contributed by atoms with Crippen LogP contribution in [0, 0.1) is 18.7 Å². The van der Waals surface area contributed by atoms with Crippen LogP contribution in [0.15, 0.2) is 18.2 Å². The molecule has 2 unspecified atom stereocenters. The number of aryl methyl sites for hydroxylation is 1. The topological polar surface area (TPSA) is 94.6 Å². The molecule has 0 radical (unpaired) electrons. The van der Waals surface area contributed by atoms with Crippen LogP contribution in [0.2, 0.25) is 0 Å². The summed E-state index contributed by atoms with van der Waals surface area (Å²) in [6.45, 7) is 1.64. The summed E-state index contributed by atoms with van der Waals surface area (Å²) in [6, 6.07) is 2.51. The molecule has 1 aliphatic heterocycles. The molecule has 1 aromatic carbocycles. The van der Waals surface area contributed by atoms with Gasteiger partial charge in [0.15, 0.2) is 12.5 Å². The zero-order valence-electron chi connectivity index (χ0n) is 19.7. The van der Waals surface area contributed by atoms with E-state index >= 15 is 4.39 Å². The third-order valence-corrected chi connectivity index (χ3v) is 5.99. The van der Waals surface area contributed by atoms with Crippen molar-refractivity contribution in [1.82, 2.24) is 15.3 Å². The summed E-state index contributed by atoms with van der Waals surface area (Å²) >= 11 is 0. The number of nitrogens with one attached hydrogen (secondary N) is 2. The highest BCUT2D eigenvalue weighted by Crippen LogP contribution is 2.39. The molecule has 2 heterocycles. The Morgan fingerprint density at radius 3 is 2.38 bits per heavy atom. The molecule has 1 aliphatic carbocycles. The van der Waals surface area contributed by atoms with E-state index in [4.69, 9.17) is 14.2 Å². The summed E-state index contributed by atoms with van der Waals surface area (Å²) in [7, 11) is 1.18. The van der Waals surface area contributed by atoms with Crippen molar-refractivity contribution in [2.45, 2.75) is 50.9 Å². The fourth-order valence-electron chi connectivity index (χ4n) is 4.03. The number of ether oxygens (including phenoxy) is 3. The molecular formula is C23H24F6N4O4. The van der Waals surface area contributed by atoms with Crippen LogP contribution in [-0.4, -0.2) is 48.7 Å². The van der Waals surface area contributed by atoms with Crippen molar-refractivity contribution < 1.29 is 45.3 Å². The summed E-state index contributed by atoms with van der Waals surface area (Å²) in [6.07, 6.45) is -10.7. The Kier molecular flexibility index (Phi) is 8.19. The van der Waals surface area contributed by atoms with Crippen molar-refractivity contribution in [2.24, 2.45) is 5.92 Å². The highest BCUT2D eigenvalue weighted by molar-refractivity contribution is 5.83. The van der Waals surface area contributed by atoms with E-state index in [1.165, 1.54) is 26.2 Å². The third kappa shape index (κ3) is 5.80. The van der Waals surface area contributed by atoms with Gasteiger partial charge in [-0.15, -0.1) is 0 Å². The number of alkyl halides is 5. The van der Waals surface area contributed by atoms with Gasteiger partial charge in [-0.05, 0) is 13.3 Å². The summed E-state index contributed by atoms with van der Waals surface area (Å²) in [5.41, 5.74) is -1.71. The molecule has 4 atom stereocenters. The van der Waals surface area contributed by atoms with Crippen LogP contribution < -0.4 is 10.6 Å². The van der Waals surface area contributed by atoms with E-state index < -0.39 is 66.5 Å². The summed E-state index contributed by atoms with van der Waals surface area (Å²) in [5, 5.41) is 4.97. The van der Waals surface area contributed by atoms with Gasteiger partial charge >= 0.3 is 0 Å². The number of carbonyl (C=O) groups excluding carboxylic acids is 1. The quantitative estimate of drug-likeness (QED) is 0.344. The highest BCUT2D eigenvalue weighted by atomic mass is 19.3. The lowest BCUT2D eigenvalue weighted by Crippen LogP contribution is -2.32. The molecule has 37 heavy (non-hydrogen) atoms. The van der Waals surface area contributed by atoms with Gasteiger partial charge in [-0.3, -0.25) is 4.79 Å². The fourth-order valence-corrected chi connectivity index (χ4v) is 4.03. The number of rotatable bonds is 10. The zero-order chi connectivity index (χ0) is 26.9. The number of amides is 1. The van der Waals surface area contributed by atoms with Gasteiger partial charge < -0.3 is 24.8 Å². The number of halogens is 6. The first kappa shape index (κ1) is 27.1. The number of nitrogens with zero attached hydrogens (tertiary/aromatic N) is 2. The molecule has 1 saturated carbocycles. The van der Waals surface area contributed by atoms with Crippen molar-refractivity contribution in [2.75, 3.05) is 25.6 Å². The first-order valence-corrected chi connectivity index (χ1v) is 11.3. The van der Waals surface area contributed by atoms with Gasteiger partial charge in [0.05, 0.1) is 30.0 Å². The van der Waals surface area contributed by atoms with Crippen LogP contribution in [0.25, 0.3) is 0 Å². The SMILES string of the molecule is COC(Nc1nc(C)nc(C(F)C(=O)N[C@H]2C[C@@H]2C(F)F)c1C1OCCO1)c1cccc(C(F)F)c1F. The predicted molar refractivity (Wildman–Crippen MR) is 116 cm³/mol. The minimum Gasteiger partial charge on any atom is -0.357 e. The molecule has 14 heteroatoms. The van der Waals surface area contributed by atoms with Gasteiger partial charge in [-0.25, -0.2) is 36.3 Å². The molecule has 1 saturated heterocycles. The molecule has 1 aromatic heterocycles. The maximum Gasteiger partial charge on any atom is 0.266 e. The van der Waals surface area contributed by atoms with Crippen LogP contribution in [0.1, 0.15) is 59.7 Å². The van der Waals surface area contributed by atoms with E-state index in [0.717, 1.165) is 6.07 Å². The van der Waals surface area contributed by atoms with Crippen molar-refractivity contribution in [3.8, 4) is 0 Å². The summed E-state index contributed by atoms with van der Waals surface area (Å²) in [4.78, 5) is 20.8. The average molecular weight is 534 g/mol. The first-order valence-electron chi connectivity index (χ1n) is 11.3. The molecule has 2 aliphatic rings. The molecule has 2 fully saturated rings. The third-order valence-electron chi connectivity index (χ3n) is 5.99. The van der Waals surface area contributed by atoms with Crippen molar-refractivity contribution in [1.29, 1.82) is 0 Å². The van der Waals surface area contributed by atoms with Crippen LogP contribution in [0.5, 0.6) is 0 Å². The Morgan fingerprint density at radius 1 is 1.11 bits per heavy atom. The number of hydrogen-bond donors (Lipinski definition) is 2. The zero-order valence-corrected chi connectivity index (χ0v) is 19.7. The number of carbonyl (C=O) groups is 1. The van der Waals surface area contributed by atoms with E-state index in [1.807, 2.05) is 0 Å². The van der Waals surface area contributed by atoms with E-state index in [2.05, 4.69) is 20.6 Å². The minimum atomic E-state index is -3.08. The molecule has 2 aromatic rings. The molecule has 2 N–H and O–H groups in total. The lowest BCUT2D eigenvalue weighted by atomic mass is 10.1. The summed E-state index contributed by atoms with van der Waals surface area (Å²) < 4.78 is 98.6. The van der Waals surface area contributed by atoms with Crippen LogP contribution >= 0.6 is 0 Å². The van der Waals surface area contributed by atoms with E-state index in [1.54, 1.807) is 0 Å². The van der Waals surface area contributed by atoms with Crippen molar-refractivity contribution in [3.05, 3.63) is 52.2 Å². The Labute approximate surface area is 207 Å². The molecular weight excluding hydrogens is 510 g/mol. The second-order valence-electron chi connectivity index (χ2n) is 8.51. The number of anilines is 1. The standard InChI is InChI=1S/C23H24F6N4O4/c1-9-30-17(16(25)21(34)32-13-8-12(13)19(28)29)14(23-36-6-7-37-23)20(31-9)33-22(35-2)11-5-3-4-10(15(11)24)18(26)27/h3-5,12-13,16,18-19,22-23H,6-8H2,1-2H3,(H,32,34)(H,30,31,33)/t12-,13-,16?,22?/m0/s1. The Bertz CT molecular complexity index is 1130. The Hall–Kier alpha value is -2.97.